The second-order valence-corrected chi connectivity index (χ2v) is 8.10. The average molecular weight is 448 g/mol. The average Bonchev–Trinajstić information content (AvgIpc) is 2.72. The summed E-state index contributed by atoms with van der Waals surface area (Å²) in [7, 11) is 0. The van der Waals surface area contributed by atoms with Crippen LogP contribution in [0.2, 0.25) is 5.02 Å². The third-order valence-corrected chi connectivity index (χ3v) is 6.07. The Balaban J connectivity index is 1.57. The number of piperazine rings is 1. The molecule has 6 nitrogen and oxygen atoms in total. The van der Waals surface area contributed by atoms with E-state index in [2.05, 4.69) is 5.32 Å². The summed E-state index contributed by atoms with van der Waals surface area (Å²) in [6, 6.07) is 7.27. The highest BCUT2D eigenvalue weighted by molar-refractivity contribution is 6.31. The third kappa shape index (κ3) is 5.57. The molecule has 3 amide bonds. The fourth-order valence-corrected chi connectivity index (χ4v) is 4.33. The van der Waals surface area contributed by atoms with Crippen LogP contribution in [0.15, 0.2) is 24.3 Å². The van der Waals surface area contributed by atoms with Gasteiger partial charge in [-0.15, -0.1) is 0 Å². The molecule has 30 heavy (non-hydrogen) atoms. The van der Waals surface area contributed by atoms with Gasteiger partial charge in [-0.1, -0.05) is 29.8 Å². The number of halogens is 4. The molecule has 0 radical (unpaired) electrons. The highest BCUT2D eigenvalue weighted by Gasteiger charge is 2.38. The lowest BCUT2D eigenvalue weighted by Gasteiger charge is -2.40. The van der Waals surface area contributed by atoms with Crippen LogP contribution in [0.1, 0.15) is 24.8 Å². The number of benzene rings is 1. The van der Waals surface area contributed by atoms with Gasteiger partial charge in [0, 0.05) is 56.4 Å². The van der Waals surface area contributed by atoms with Gasteiger partial charge in [0.2, 0.25) is 5.91 Å². The van der Waals surface area contributed by atoms with Crippen molar-refractivity contribution in [2.75, 3.05) is 45.9 Å². The van der Waals surface area contributed by atoms with Gasteiger partial charge in [0.05, 0.1) is 0 Å². The van der Waals surface area contributed by atoms with Gasteiger partial charge in [-0.3, -0.25) is 4.79 Å². The summed E-state index contributed by atoms with van der Waals surface area (Å²) < 4.78 is 42.7. The van der Waals surface area contributed by atoms with Crippen molar-refractivity contribution < 1.29 is 27.5 Å². The minimum Gasteiger partial charge on any atom is -0.381 e. The van der Waals surface area contributed by atoms with Gasteiger partial charge in [-0.05, 0) is 24.5 Å². The molecule has 0 atom stereocenters. The van der Waals surface area contributed by atoms with E-state index in [0.717, 1.165) is 23.3 Å². The van der Waals surface area contributed by atoms with Crippen molar-refractivity contribution in [3.8, 4) is 0 Å². The molecule has 166 valence electrons. The maximum atomic E-state index is 12.7. The molecule has 0 unspecified atom stereocenters. The zero-order valence-electron chi connectivity index (χ0n) is 16.5. The number of hydrogen-bond donors (Lipinski definition) is 1. The molecule has 2 aliphatic rings. The number of hydrogen-bond acceptors (Lipinski definition) is 3. The fourth-order valence-electron chi connectivity index (χ4n) is 3.99. The summed E-state index contributed by atoms with van der Waals surface area (Å²) in [5.41, 5.74) is 0.634. The molecule has 0 aromatic heterocycles. The molecule has 2 heterocycles. The van der Waals surface area contributed by atoms with Gasteiger partial charge >= 0.3 is 12.2 Å². The first-order valence-electron chi connectivity index (χ1n) is 9.90. The van der Waals surface area contributed by atoms with E-state index in [-0.39, 0.29) is 37.6 Å². The minimum absolute atomic E-state index is 0.0891. The molecule has 3 rings (SSSR count). The van der Waals surface area contributed by atoms with Crippen LogP contribution in [-0.2, 0) is 14.9 Å². The molecular weight excluding hydrogens is 423 g/mol. The lowest BCUT2D eigenvalue weighted by molar-refractivity contribution is -0.162. The highest BCUT2D eigenvalue weighted by Crippen LogP contribution is 2.38. The van der Waals surface area contributed by atoms with E-state index in [4.69, 9.17) is 16.3 Å². The smallest absolute Gasteiger partial charge is 0.381 e. The van der Waals surface area contributed by atoms with E-state index < -0.39 is 18.5 Å². The molecule has 1 N–H and O–H groups in total. The summed E-state index contributed by atoms with van der Waals surface area (Å²) in [5.74, 6) is -0.956. The number of carbonyl (C=O) groups excluding carboxylic acids is 2. The SMILES string of the molecule is O=C(CC(F)(F)F)N1CCN(C(=O)NCC2(c3ccccc3Cl)CCOCC2)CC1. The van der Waals surface area contributed by atoms with Crippen molar-refractivity contribution in [3.05, 3.63) is 34.9 Å². The molecule has 0 saturated carbocycles. The summed E-state index contributed by atoms with van der Waals surface area (Å²) in [4.78, 5) is 27.1. The number of urea groups is 1. The second-order valence-electron chi connectivity index (χ2n) is 7.69. The Morgan fingerprint density at radius 3 is 2.27 bits per heavy atom. The predicted octanol–water partition coefficient (Wildman–Crippen LogP) is 3.19. The number of carbonyl (C=O) groups is 2. The Hall–Kier alpha value is -2.00. The van der Waals surface area contributed by atoms with Gasteiger partial charge in [0.25, 0.3) is 0 Å². The molecule has 0 bridgehead atoms. The van der Waals surface area contributed by atoms with Crippen LogP contribution in [0, 0.1) is 0 Å². The number of nitrogens with zero attached hydrogens (tertiary/aromatic N) is 2. The summed E-state index contributed by atoms with van der Waals surface area (Å²) >= 11 is 6.42. The van der Waals surface area contributed by atoms with Gasteiger partial charge in [-0.25, -0.2) is 4.79 Å². The van der Waals surface area contributed by atoms with Crippen molar-refractivity contribution in [2.45, 2.75) is 30.9 Å². The van der Waals surface area contributed by atoms with Crippen molar-refractivity contribution in [1.29, 1.82) is 0 Å². The molecule has 2 aliphatic heterocycles. The molecule has 1 aromatic carbocycles. The van der Waals surface area contributed by atoms with Crippen molar-refractivity contribution in [1.82, 2.24) is 15.1 Å². The van der Waals surface area contributed by atoms with E-state index >= 15 is 0 Å². The van der Waals surface area contributed by atoms with Gasteiger partial charge in [-0.2, -0.15) is 13.2 Å². The first-order valence-corrected chi connectivity index (χ1v) is 10.3. The van der Waals surface area contributed by atoms with E-state index in [0.29, 0.717) is 24.8 Å². The first kappa shape index (κ1) is 22.7. The Kier molecular flexibility index (Phi) is 7.13. The molecule has 10 heteroatoms. The number of rotatable bonds is 4. The Morgan fingerprint density at radius 1 is 1.07 bits per heavy atom. The summed E-state index contributed by atoms with van der Waals surface area (Å²) in [6.07, 6.45) is -4.56. The first-order chi connectivity index (χ1) is 14.2. The molecular formula is C20H25ClF3N3O3. The fraction of sp³-hybridized carbons (Fsp3) is 0.600. The number of ether oxygens (including phenoxy) is 1. The summed E-state index contributed by atoms with van der Waals surface area (Å²) in [5, 5.41) is 3.60. The molecule has 1 aromatic rings. The molecule has 2 saturated heterocycles. The highest BCUT2D eigenvalue weighted by atomic mass is 35.5. The second kappa shape index (κ2) is 9.43. The van der Waals surface area contributed by atoms with Crippen molar-refractivity contribution in [2.24, 2.45) is 0 Å². The Bertz CT molecular complexity index is 761. The normalized spacial score (nSPS) is 19.5. The number of alkyl halides is 3. The minimum atomic E-state index is -4.53. The van der Waals surface area contributed by atoms with E-state index in [1.807, 2.05) is 24.3 Å². The van der Waals surface area contributed by atoms with E-state index in [1.54, 1.807) is 0 Å². The Labute approximate surface area is 178 Å². The summed E-state index contributed by atoms with van der Waals surface area (Å²) in [6.45, 7) is 2.08. The van der Waals surface area contributed by atoms with Gasteiger partial charge < -0.3 is 19.9 Å². The maximum Gasteiger partial charge on any atom is 0.397 e. The number of nitrogens with one attached hydrogen (secondary N) is 1. The number of amides is 3. The van der Waals surface area contributed by atoms with Crippen molar-refractivity contribution in [3.63, 3.8) is 0 Å². The zero-order valence-corrected chi connectivity index (χ0v) is 17.3. The standard InChI is InChI=1S/C20H25ClF3N3O3/c21-16-4-2-1-3-15(16)19(5-11-30-12-6-19)14-25-18(29)27-9-7-26(8-10-27)17(28)13-20(22,23)24/h1-4H,5-14H2,(H,25,29). The van der Waals surface area contributed by atoms with E-state index in [9.17, 15) is 22.8 Å². The largest absolute Gasteiger partial charge is 0.397 e. The van der Waals surface area contributed by atoms with Crippen LogP contribution >= 0.6 is 11.6 Å². The maximum absolute atomic E-state index is 12.7. The lowest BCUT2D eigenvalue weighted by atomic mass is 9.74. The van der Waals surface area contributed by atoms with Crippen molar-refractivity contribution >= 4 is 23.5 Å². The van der Waals surface area contributed by atoms with Crippen LogP contribution in [0.3, 0.4) is 0 Å². The van der Waals surface area contributed by atoms with Crippen LogP contribution in [0.25, 0.3) is 0 Å². The zero-order chi connectivity index (χ0) is 21.8. The molecule has 0 aliphatic carbocycles. The van der Waals surface area contributed by atoms with Crippen LogP contribution in [0.5, 0.6) is 0 Å². The van der Waals surface area contributed by atoms with Crippen LogP contribution in [0.4, 0.5) is 18.0 Å². The lowest BCUT2D eigenvalue weighted by Crippen LogP contribution is -2.55. The third-order valence-electron chi connectivity index (χ3n) is 5.74. The van der Waals surface area contributed by atoms with Gasteiger partial charge in [0.1, 0.15) is 6.42 Å². The monoisotopic (exact) mass is 447 g/mol. The molecule has 0 spiro atoms. The van der Waals surface area contributed by atoms with Gasteiger partial charge in [0.15, 0.2) is 0 Å². The van der Waals surface area contributed by atoms with Crippen LogP contribution < -0.4 is 5.32 Å². The molecule has 2 fully saturated rings. The van der Waals surface area contributed by atoms with E-state index in [1.165, 1.54) is 4.90 Å². The topological polar surface area (TPSA) is 61.9 Å². The quantitative estimate of drug-likeness (QED) is 0.771. The predicted molar refractivity (Wildman–Crippen MR) is 105 cm³/mol. The van der Waals surface area contributed by atoms with Crippen LogP contribution in [-0.4, -0.2) is 73.9 Å². The Morgan fingerprint density at radius 2 is 1.67 bits per heavy atom.